The second-order valence-electron chi connectivity index (χ2n) is 3.50. The second-order valence-corrected chi connectivity index (χ2v) is 3.50. The zero-order valence-electron chi connectivity index (χ0n) is 8.32. The lowest BCUT2D eigenvalue weighted by Crippen LogP contribution is -1.75. The predicted molar refractivity (Wildman–Crippen MR) is 58.5 cm³/mol. The summed E-state index contributed by atoms with van der Waals surface area (Å²) in [5.74, 6) is 0.881. The lowest BCUT2D eigenvalue weighted by molar-refractivity contribution is 0.582. The Hall–Kier alpha value is -2.03. The van der Waals surface area contributed by atoms with E-state index >= 15 is 0 Å². The first-order valence-electron chi connectivity index (χ1n) is 4.83. The zero-order chi connectivity index (χ0) is 10.3. The van der Waals surface area contributed by atoms with Crippen LogP contribution in [-0.4, -0.2) is 9.97 Å². The molecule has 3 heterocycles. The Morgan fingerprint density at radius 1 is 1.27 bits per heavy atom. The van der Waals surface area contributed by atoms with Crippen molar-refractivity contribution in [2.75, 3.05) is 0 Å². The minimum absolute atomic E-state index is 0.881. The molecule has 0 unspecified atom stereocenters. The van der Waals surface area contributed by atoms with Crippen LogP contribution in [0.15, 0.2) is 41.1 Å². The molecule has 3 aromatic heterocycles. The van der Waals surface area contributed by atoms with Crippen molar-refractivity contribution in [3.63, 3.8) is 0 Å². The molecule has 15 heavy (non-hydrogen) atoms. The summed E-state index contributed by atoms with van der Waals surface area (Å²) in [4.78, 5) is 7.52. The Labute approximate surface area is 86.8 Å². The summed E-state index contributed by atoms with van der Waals surface area (Å²) in [6.07, 6.45) is 3.47. The van der Waals surface area contributed by atoms with Crippen LogP contribution in [0.3, 0.4) is 0 Å². The number of hydrogen-bond acceptors (Lipinski definition) is 2. The molecule has 0 saturated carbocycles. The first-order chi connectivity index (χ1) is 7.36. The minimum atomic E-state index is 0.881. The normalized spacial score (nSPS) is 11.0. The maximum atomic E-state index is 5.42. The van der Waals surface area contributed by atoms with Crippen LogP contribution in [0.5, 0.6) is 0 Å². The summed E-state index contributed by atoms with van der Waals surface area (Å²) in [6.45, 7) is 2.03. The highest BCUT2D eigenvalue weighted by atomic mass is 16.3. The monoisotopic (exact) mass is 198 g/mol. The van der Waals surface area contributed by atoms with Gasteiger partial charge in [0.2, 0.25) is 0 Å². The van der Waals surface area contributed by atoms with Gasteiger partial charge in [0.05, 0.1) is 6.26 Å². The molecule has 3 heteroatoms. The summed E-state index contributed by atoms with van der Waals surface area (Å²) in [6, 6.07) is 7.83. The van der Waals surface area contributed by atoms with Gasteiger partial charge < -0.3 is 9.40 Å². The van der Waals surface area contributed by atoms with E-state index in [0.717, 1.165) is 28.1 Å². The number of furan rings is 1. The fraction of sp³-hybridized carbons (Fsp3) is 0.0833. The molecule has 0 atom stereocenters. The molecule has 0 spiro atoms. The Morgan fingerprint density at radius 3 is 3.00 bits per heavy atom. The van der Waals surface area contributed by atoms with Gasteiger partial charge in [0.15, 0.2) is 0 Å². The third kappa shape index (κ3) is 1.16. The molecule has 0 aliphatic rings. The van der Waals surface area contributed by atoms with Gasteiger partial charge in [-0.15, -0.1) is 0 Å². The molecule has 0 amide bonds. The van der Waals surface area contributed by atoms with Crippen molar-refractivity contribution in [1.82, 2.24) is 9.97 Å². The van der Waals surface area contributed by atoms with Crippen molar-refractivity contribution >= 4 is 11.0 Å². The van der Waals surface area contributed by atoms with Gasteiger partial charge in [-0.25, -0.2) is 4.98 Å². The van der Waals surface area contributed by atoms with Gasteiger partial charge in [-0.3, -0.25) is 0 Å². The number of fused-ring (bicyclic) bond motifs is 1. The zero-order valence-corrected chi connectivity index (χ0v) is 8.32. The van der Waals surface area contributed by atoms with Crippen LogP contribution in [0, 0.1) is 6.92 Å². The fourth-order valence-corrected chi connectivity index (χ4v) is 1.89. The summed E-state index contributed by atoms with van der Waals surface area (Å²) >= 11 is 0. The maximum Gasteiger partial charge on any atom is 0.138 e. The molecule has 1 N–H and O–H groups in total. The third-order valence-corrected chi connectivity index (χ3v) is 2.53. The van der Waals surface area contributed by atoms with E-state index in [1.807, 2.05) is 31.2 Å². The molecule has 3 nitrogen and oxygen atoms in total. The third-order valence-electron chi connectivity index (χ3n) is 2.53. The number of aromatic amines is 1. The largest absolute Gasteiger partial charge is 0.464 e. The number of aryl methyl sites for hydroxylation is 1. The van der Waals surface area contributed by atoms with E-state index in [1.54, 1.807) is 12.5 Å². The van der Waals surface area contributed by atoms with Gasteiger partial charge in [0, 0.05) is 22.8 Å². The fourth-order valence-electron chi connectivity index (χ4n) is 1.89. The molecule has 74 valence electrons. The van der Waals surface area contributed by atoms with Gasteiger partial charge in [0.1, 0.15) is 11.4 Å². The van der Waals surface area contributed by atoms with Gasteiger partial charge in [0.25, 0.3) is 0 Å². The highest BCUT2D eigenvalue weighted by Gasteiger charge is 2.12. The average Bonchev–Trinajstić information content (AvgIpc) is 2.82. The number of nitrogens with zero attached hydrogens (tertiary/aromatic N) is 1. The van der Waals surface area contributed by atoms with E-state index in [-0.39, 0.29) is 0 Å². The number of hydrogen-bond donors (Lipinski definition) is 1. The molecule has 0 saturated heterocycles. The van der Waals surface area contributed by atoms with Gasteiger partial charge in [-0.2, -0.15) is 0 Å². The van der Waals surface area contributed by atoms with Crippen molar-refractivity contribution < 1.29 is 4.42 Å². The number of H-pyrrole nitrogens is 1. The van der Waals surface area contributed by atoms with Crippen molar-refractivity contribution in [2.24, 2.45) is 0 Å². The van der Waals surface area contributed by atoms with Crippen LogP contribution >= 0.6 is 0 Å². The van der Waals surface area contributed by atoms with Crippen LogP contribution < -0.4 is 0 Å². The second kappa shape index (κ2) is 2.98. The average molecular weight is 198 g/mol. The first kappa shape index (κ1) is 8.29. The maximum absolute atomic E-state index is 5.42. The molecular formula is C12H10N2O. The van der Waals surface area contributed by atoms with Crippen molar-refractivity contribution in [1.29, 1.82) is 0 Å². The minimum Gasteiger partial charge on any atom is -0.464 e. The lowest BCUT2D eigenvalue weighted by atomic mass is 10.1. The van der Waals surface area contributed by atoms with Gasteiger partial charge in [-0.1, -0.05) is 0 Å². The lowest BCUT2D eigenvalue weighted by Gasteiger charge is -1.95. The van der Waals surface area contributed by atoms with E-state index in [9.17, 15) is 0 Å². The van der Waals surface area contributed by atoms with E-state index in [4.69, 9.17) is 4.42 Å². The highest BCUT2D eigenvalue weighted by molar-refractivity contribution is 5.93. The quantitative estimate of drug-likeness (QED) is 0.652. The predicted octanol–water partition coefficient (Wildman–Crippen LogP) is 3.13. The molecule has 0 aliphatic carbocycles. The van der Waals surface area contributed by atoms with Crippen molar-refractivity contribution in [3.05, 3.63) is 42.4 Å². The molecule has 0 aliphatic heterocycles. The molecular weight excluding hydrogens is 188 g/mol. The molecule has 3 rings (SSSR count). The van der Waals surface area contributed by atoms with Crippen LogP contribution in [-0.2, 0) is 0 Å². The topological polar surface area (TPSA) is 41.8 Å². The van der Waals surface area contributed by atoms with E-state index < -0.39 is 0 Å². The Morgan fingerprint density at radius 2 is 2.20 bits per heavy atom. The number of nitrogens with one attached hydrogen (secondary N) is 1. The smallest absolute Gasteiger partial charge is 0.138 e. The molecule has 3 aromatic rings. The summed E-state index contributed by atoms with van der Waals surface area (Å²) in [5, 5.41) is 1.10. The van der Waals surface area contributed by atoms with Crippen molar-refractivity contribution in [2.45, 2.75) is 6.92 Å². The Kier molecular flexibility index (Phi) is 1.65. The van der Waals surface area contributed by atoms with Crippen LogP contribution in [0.1, 0.15) is 5.69 Å². The molecule has 0 fully saturated rings. The van der Waals surface area contributed by atoms with Crippen LogP contribution in [0.4, 0.5) is 0 Å². The summed E-state index contributed by atoms with van der Waals surface area (Å²) in [7, 11) is 0. The first-order valence-corrected chi connectivity index (χ1v) is 4.83. The SMILES string of the molecule is Cc1[nH]c2ncccc2c1-c1ccco1. The number of rotatable bonds is 1. The van der Waals surface area contributed by atoms with Crippen molar-refractivity contribution in [3.8, 4) is 11.3 Å². The number of pyridine rings is 1. The Balaban J connectivity index is 2.39. The van der Waals surface area contributed by atoms with Gasteiger partial charge >= 0.3 is 0 Å². The molecule has 0 aromatic carbocycles. The Bertz CT molecular complexity index is 593. The number of aromatic nitrogens is 2. The standard InChI is InChI=1S/C12H10N2O/c1-8-11(10-5-3-7-15-10)9-4-2-6-13-12(9)14-8/h2-7H,1H3,(H,13,14). The van der Waals surface area contributed by atoms with Crippen LogP contribution in [0.25, 0.3) is 22.4 Å². The van der Waals surface area contributed by atoms with Crippen LogP contribution in [0.2, 0.25) is 0 Å². The van der Waals surface area contributed by atoms with Gasteiger partial charge in [-0.05, 0) is 31.2 Å². The van der Waals surface area contributed by atoms with E-state index in [0.29, 0.717) is 0 Å². The summed E-state index contributed by atoms with van der Waals surface area (Å²) in [5.41, 5.74) is 3.09. The molecule has 0 bridgehead atoms. The molecule has 0 radical (unpaired) electrons. The van der Waals surface area contributed by atoms with E-state index in [1.165, 1.54) is 0 Å². The highest BCUT2D eigenvalue weighted by Crippen LogP contribution is 2.30. The summed E-state index contributed by atoms with van der Waals surface area (Å²) < 4.78 is 5.42. The van der Waals surface area contributed by atoms with E-state index in [2.05, 4.69) is 9.97 Å².